The number of rotatable bonds is 11. The highest BCUT2D eigenvalue weighted by Gasteiger charge is 2.34. The summed E-state index contributed by atoms with van der Waals surface area (Å²) >= 11 is 7.87. The fourth-order valence-corrected chi connectivity index (χ4v) is 5.93. The molecule has 0 bridgehead atoms. The molecule has 1 unspecified atom stereocenters. The lowest BCUT2D eigenvalue weighted by atomic mass is 10.2. The number of benzene rings is 2. The van der Waals surface area contributed by atoms with E-state index in [1.54, 1.807) is 24.3 Å². The molecular formula is C16H14Br2F4O6P2S. The first-order chi connectivity index (χ1) is 14.5. The van der Waals surface area contributed by atoms with Crippen molar-refractivity contribution in [2.24, 2.45) is 0 Å². The molecule has 2 aromatic carbocycles. The van der Waals surface area contributed by atoms with Crippen molar-refractivity contribution >= 4 is 58.8 Å². The van der Waals surface area contributed by atoms with Crippen molar-refractivity contribution in [2.45, 2.75) is 23.8 Å². The van der Waals surface area contributed by atoms with Gasteiger partial charge in [-0.15, -0.1) is 9.46 Å². The third-order valence-electron chi connectivity index (χ3n) is 3.70. The lowest BCUT2D eigenvalue weighted by Crippen LogP contribution is -2.01. The second-order valence-electron chi connectivity index (χ2n) is 6.02. The lowest BCUT2D eigenvalue weighted by molar-refractivity contribution is -0.0881. The van der Waals surface area contributed by atoms with E-state index in [1.165, 1.54) is 23.9 Å². The molecule has 0 spiro atoms. The van der Waals surface area contributed by atoms with Crippen LogP contribution in [0, 0.1) is 0 Å². The average molecular weight is 632 g/mol. The molecule has 0 aliphatic rings. The molecule has 2 rings (SSSR count). The van der Waals surface area contributed by atoms with Crippen LogP contribution in [0.2, 0.25) is 0 Å². The van der Waals surface area contributed by atoms with E-state index in [-0.39, 0.29) is 10.2 Å². The quantitative estimate of drug-likeness (QED) is 0.199. The minimum Gasteiger partial charge on any atom is -0.420 e. The molecule has 0 amide bonds. The molecule has 0 fully saturated rings. The van der Waals surface area contributed by atoms with E-state index in [0.717, 1.165) is 11.1 Å². The minimum atomic E-state index is -5.06. The summed E-state index contributed by atoms with van der Waals surface area (Å²) in [6.45, 7) is 0. The monoisotopic (exact) mass is 630 g/mol. The van der Waals surface area contributed by atoms with Gasteiger partial charge in [-0.3, -0.25) is 4.57 Å². The Hall–Kier alpha value is -0.390. The van der Waals surface area contributed by atoms with Crippen LogP contribution in [0.3, 0.4) is 0 Å². The van der Waals surface area contributed by atoms with E-state index in [2.05, 4.69) is 45.8 Å². The summed E-state index contributed by atoms with van der Waals surface area (Å²) < 4.78 is 83.7. The van der Waals surface area contributed by atoms with Gasteiger partial charge in [0.25, 0.3) is 0 Å². The van der Waals surface area contributed by atoms with Crippen LogP contribution in [0.5, 0.6) is 5.75 Å². The molecule has 1 N–H and O–H groups in total. The van der Waals surface area contributed by atoms with E-state index in [1.807, 2.05) is 0 Å². The maximum atomic E-state index is 12.5. The summed E-state index contributed by atoms with van der Waals surface area (Å²) in [6, 6.07) is 9.38. The first-order valence-corrected chi connectivity index (χ1v) is 14.2. The smallest absolute Gasteiger partial charge is 0.420 e. The Morgan fingerprint density at radius 2 is 1.52 bits per heavy atom. The van der Waals surface area contributed by atoms with Crippen molar-refractivity contribution < 1.29 is 45.8 Å². The minimum absolute atomic E-state index is 0.175. The predicted molar refractivity (Wildman–Crippen MR) is 115 cm³/mol. The molecule has 0 aliphatic carbocycles. The zero-order valence-corrected chi connectivity index (χ0v) is 21.0. The zero-order valence-electron chi connectivity index (χ0n) is 15.2. The maximum Gasteiger partial charge on any atom is 0.442 e. The second-order valence-corrected chi connectivity index (χ2v) is 12.2. The van der Waals surface area contributed by atoms with Crippen LogP contribution >= 0.6 is 58.8 Å². The normalized spacial score (nSPS) is 13.9. The maximum absolute atomic E-state index is 12.5. The van der Waals surface area contributed by atoms with E-state index in [4.69, 9.17) is 4.89 Å². The van der Waals surface area contributed by atoms with Crippen LogP contribution in [0.15, 0.2) is 45.3 Å². The number of hydrogen-bond acceptors (Lipinski definition) is 6. The largest absolute Gasteiger partial charge is 0.442 e. The first kappa shape index (κ1) is 26.9. The molecule has 0 heterocycles. The Labute approximate surface area is 195 Å². The lowest BCUT2D eigenvalue weighted by Gasteiger charge is -2.14. The van der Waals surface area contributed by atoms with Gasteiger partial charge in [0, 0.05) is 16.0 Å². The highest BCUT2D eigenvalue weighted by Crippen LogP contribution is 2.53. The molecule has 0 aromatic heterocycles. The average Bonchev–Trinajstić information content (AvgIpc) is 2.71. The van der Waals surface area contributed by atoms with E-state index < -0.39 is 27.5 Å². The Kier molecular flexibility index (Phi) is 10.1. The summed E-state index contributed by atoms with van der Waals surface area (Å²) in [7, 11) is -9.56. The molecule has 1 atom stereocenters. The molecule has 0 saturated carbocycles. The van der Waals surface area contributed by atoms with E-state index >= 15 is 0 Å². The molecule has 0 radical (unpaired) electrons. The topological polar surface area (TPSA) is 82.1 Å². The van der Waals surface area contributed by atoms with Crippen molar-refractivity contribution in [3.63, 3.8) is 0 Å². The Morgan fingerprint density at radius 1 is 0.968 bits per heavy atom. The standard InChI is InChI=1S/C16H14Br2F4O6P2S/c17-13-5-10(1-3-12(13)7-29(23,27-21)28-22)8-31-9-11-2-4-15(14(18)6-11)26-30(24,25)16(19)20/h1-6,16H,7-9H2,(H,24,25). The van der Waals surface area contributed by atoms with Crippen LogP contribution in [0.4, 0.5) is 17.8 Å². The summed E-state index contributed by atoms with van der Waals surface area (Å²) in [5.74, 6) is 0.888. The third kappa shape index (κ3) is 7.85. The second kappa shape index (κ2) is 11.7. The number of alkyl halides is 2. The zero-order chi connectivity index (χ0) is 23.2. The molecule has 6 nitrogen and oxygen atoms in total. The molecule has 31 heavy (non-hydrogen) atoms. The van der Waals surface area contributed by atoms with Crippen LogP contribution in [0.25, 0.3) is 0 Å². The SMILES string of the molecule is O=P(Cc1ccc(CSCc2ccc(OP(=O)(O)C(F)F)c(Br)c2)cc1Br)(OF)OF. The number of halogens is 6. The predicted octanol–water partition coefficient (Wildman–Crippen LogP) is 7.93. The number of thioether (sulfide) groups is 1. The van der Waals surface area contributed by atoms with Gasteiger partial charge in [0.1, 0.15) is 5.75 Å². The van der Waals surface area contributed by atoms with Gasteiger partial charge in [0.15, 0.2) is 0 Å². The summed E-state index contributed by atoms with van der Waals surface area (Å²) in [4.78, 5) is 9.13. The molecule has 15 heteroatoms. The molecule has 172 valence electrons. The van der Waals surface area contributed by atoms with Gasteiger partial charge in [-0.1, -0.05) is 34.1 Å². The fourth-order valence-electron chi connectivity index (χ4n) is 2.25. The Bertz CT molecular complexity index is 949. The first-order valence-electron chi connectivity index (χ1n) is 8.13. The van der Waals surface area contributed by atoms with Gasteiger partial charge in [0.2, 0.25) is 0 Å². The highest BCUT2D eigenvalue weighted by molar-refractivity contribution is 9.10. The van der Waals surface area contributed by atoms with Crippen LogP contribution in [-0.4, -0.2) is 11.1 Å². The van der Waals surface area contributed by atoms with Crippen molar-refractivity contribution in [2.75, 3.05) is 0 Å². The third-order valence-corrected chi connectivity index (χ3v) is 8.23. The molecular weight excluding hydrogens is 618 g/mol. The summed E-state index contributed by atoms with van der Waals surface area (Å²) in [5.41, 5.74) is 1.98. The van der Waals surface area contributed by atoms with Crippen molar-refractivity contribution in [3.8, 4) is 5.75 Å². The van der Waals surface area contributed by atoms with Gasteiger partial charge in [0.05, 0.1) is 10.6 Å². The van der Waals surface area contributed by atoms with Crippen molar-refractivity contribution in [1.29, 1.82) is 0 Å². The highest BCUT2D eigenvalue weighted by atomic mass is 79.9. The van der Waals surface area contributed by atoms with Crippen molar-refractivity contribution in [3.05, 3.63) is 62.0 Å². The van der Waals surface area contributed by atoms with Gasteiger partial charge in [-0.05, 0) is 59.9 Å². The van der Waals surface area contributed by atoms with Crippen molar-refractivity contribution in [1.82, 2.24) is 0 Å². The van der Waals surface area contributed by atoms with Gasteiger partial charge in [-0.25, -0.2) is 4.57 Å². The van der Waals surface area contributed by atoms with Crippen LogP contribution in [-0.2, 0) is 36.3 Å². The molecule has 0 saturated heterocycles. The van der Waals surface area contributed by atoms with Gasteiger partial charge in [-0.2, -0.15) is 20.5 Å². The molecule has 2 aromatic rings. The summed E-state index contributed by atoms with van der Waals surface area (Å²) in [5, 5.41) is 0. The van der Waals surface area contributed by atoms with Gasteiger partial charge >= 0.3 is 21.4 Å². The van der Waals surface area contributed by atoms with Gasteiger partial charge < -0.3 is 9.42 Å². The molecule has 0 aliphatic heterocycles. The van der Waals surface area contributed by atoms with Crippen LogP contribution < -0.4 is 4.52 Å². The van der Waals surface area contributed by atoms with E-state index in [9.17, 15) is 27.0 Å². The Balaban J connectivity index is 1.96. The summed E-state index contributed by atoms with van der Waals surface area (Å²) in [6.07, 6.45) is -4.11. The Morgan fingerprint density at radius 3 is 2.00 bits per heavy atom. The number of hydrogen-bond donors (Lipinski definition) is 1. The van der Waals surface area contributed by atoms with E-state index in [0.29, 0.717) is 21.5 Å². The van der Waals surface area contributed by atoms with Crippen LogP contribution in [0.1, 0.15) is 16.7 Å². The fraction of sp³-hybridized carbons (Fsp3) is 0.250.